The molecule has 0 bridgehead atoms. The summed E-state index contributed by atoms with van der Waals surface area (Å²) in [5.41, 5.74) is 10.9. The minimum absolute atomic E-state index is 0.221. The minimum Gasteiger partial charge on any atom is -0.507 e. The number of fused-ring (bicyclic) bond motifs is 1. The molecule has 0 unspecified atom stereocenters. The average molecular weight is 383 g/mol. The van der Waals surface area contributed by atoms with Gasteiger partial charge in [0.05, 0.1) is 17.9 Å². The number of aromatic hydroxyl groups is 1. The van der Waals surface area contributed by atoms with Crippen molar-refractivity contribution in [2.45, 2.75) is 65.9 Å². The summed E-state index contributed by atoms with van der Waals surface area (Å²) in [7, 11) is 0. The highest BCUT2D eigenvalue weighted by atomic mass is 16.3. The second-order valence-electron chi connectivity index (χ2n) is 9.46. The van der Waals surface area contributed by atoms with Crippen molar-refractivity contribution in [1.82, 2.24) is 14.6 Å². The van der Waals surface area contributed by atoms with Crippen LogP contribution < -0.4 is 5.73 Å². The predicted octanol–water partition coefficient (Wildman–Crippen LogP) is 4.08. The van der Waals surface area contributed by atoms with Crippen molar-refractivity contribution in [2.24, 2.45) is 0 Å². The van der Waals surface area contributed by atoms with Gasteiger partial charge in [0.25, 0.3) is 0 Å². The number of anilines is 1. The number of rotatable bonds is 2. The van der Waals surface area contributed by atoms with E-state index in [2.05, 4.69) is 51.6 Å². The van der Waals surface area contributed by atoms with Gasteiger partial charge in [0.15, 0.2) is 11.5 Å². The lowest BCUT2D eigenvalue weighted by molar-refractivity contribution is 0.283. The molecule has 0 amide bonds. The topological polar surface area (TPSA) is 96.7 Å². The molecular weight excluding hydrogens is 352 g/mol. The number of aryl methyl sites for hydroxylation is 1. The van der Waals surface area contributed by atoms with Crippen LogP contribution in [0.4, 0.5) is 5.82 Å². The van der Waals surface area contributed by atoms with E-state index in [-0.39, 0.29) is 23.3 Å². The zero-order chi connectivity index (χ0) is 21.0. The Labute approximate surface area is 166 Å². The third-order valence-electron chi connectivity index (χ3n) is 5.02. The Hall–Kier alpha value is -2.60. The molecule has 3 rings (SSSR count). The Morgan fingerprint density at radius 1 is 1.00 bits per heavy atom. The Kier molecular flexibility index (Phi) is 4.66. The summed E-state index contributed by atoms with van der Waals surface area (Å²) >= 11 is 0. The molecule has 0 aliphatic carbocycles. The van der Waals surface area contributed by atoms with Gasteiger partial charge in [0.1, 0.15) is 5.75 Å². The normalized spacial score (nSPS) is 12.7. The van der Waals surface area contributed by atoms with E-state index in [1.807, 2.05) is 25.1 Å². The number of phenols is 1. The first-order chi connectivity index (χ1) is 12.8. The van der Waals surface area contributed by atoms with Crippen molar-refractivity contribution in [3.05, 3.63) is 40.6 Å². The molecule has 150 valence electrons. The van der Waals surface area contributed by atoms with Crippen molar-refractivity contribution >= 4 is 11.5 Å². The molecule has 2 heterocycles. The van der Waals surface area contributed by atoms with Gasteiger partial charge in [-0.3, -0.25) is 0 Å². The van der Waals surface area contributed by atoms with Crippen LogP contribution in [0.15, 0.2) is 18.2 Å². The monoisotopic (exact) mass is 382 g/mol. The van der Waals surface area contributed by atoms with Crippen LogP contribution in [0.3, 0.4) is 0 Å². The lowest BCUT2D eigenvalue weighted by Gasteiger charge is -2.28. The highest BCUT2D eigenvalue weighted by molar-refractivity contribution is 5.71. The molecule has 0 fully saturated rings. The van der Waals surface area contributed by atoms with Gasteiger partial charge in [-0.25, -0.2) is 9.50 Å². The van der Waals surface area contributed by atoms with Gasteiger partial charge < -0.3 is 15.9 Å². The molecule has 0 aliphatic rings. The second kappa shape index (κ2) is 6.48. The third kappa shape index (κ3) is 3.33. The SMILES string of the molecule is Cc1cc(-c2cc(C(C)(C)C)c(O)c(C(C)(C)C)c2)n2nc(N)c(CO)c2n1. The van der Waals surface area contributed by atoms with Gasteiger partial charge in [0, 0.05) is 22.4 Å². The Morgan fingerprint density at radius 3 is 2.00 bits per heavy atom. The smallest absolute Gasteiger partial charge is 0.163 e. The summed E-state index contributed by atoms with van der Waals surface area (Å²) in [6, 6.07) is 5.97. The Morgan fingerprint density at radius 2 is 1.54 bits per heavy atom. The fraction of sp³-hybridized carbons (Fsp3) is 0.455. The first-order valence-electron chi connectivity index (χ1n) is 9.48. The molecule has 0 radical (unpaired) electrons. The van der Waals surface area contributed by atoms with Crippen LogP contribution in [-0.2, 0) is 17.4 Å². The molecule has 0 saturated heterocycles. The molecule has 28 heavy (non-hydrogen) atoms. The number of nitrogens with two attached hydrogens (primary N) is 1. The summed E-state index contributed by atoms with van der Waals surface area (Å²) in [6.07, 6.45) is 0. The van der Waals surface area contributed by atoms with Crippen LogP contribution in [0.25, 0.3) is 16.9 Å². The number of hydrogen-bond donors (Lipinski definition) is 3. The van der Waals surface area contributed by atoms with Gasteiger partial charge in [-0.15, -0.1) is 5.10 Å². The first kappa shape index (κ1) is 20.1. The van der Waals surface area contributed by atoms with Gasteiger partial charge in [-0.05, 0) is 36.0 Å². The molecule has 4 N–H and O–H groups in total. The molecule has 1 aromatic carbocycles. The van der Waals surface area contributed by atoms with Crippen LogP contribution in [0.2, 0.25) is 0 Å². The summed E-state index contributed by atoms with van der Waals surface area (Å²) in [4.78, 5) is 4.52. The molecule has 0 saturated carbocycles. The number of phenolic OH excluding ortho intramolecular Hbond substituents is 1. The van der Waals surface area contributed by atoms with Crippen LogP contribution >= 0.6 is 0 Å². The van der Waals surface area contributed by atoms with Crippen molar-refractivity contribution in [2.75, 3.05) is 5.73 Å². The van der Waals surface area contributed by atoms with E-state index in [1.54, 1.807) is 4.52 Å². The minimum atomic E-state index is -0.235. The number of aromatic nitrogens is 3. The van der Waals surface area contributed by atoms with Crippen LogP contribution in [0.5, 0.6) is 5.75 Å². The summed E-state index contributed by atoms with van der Waals surface area (Å²) < 4.78 is 1.68. The number of aliphatic hydroxyl groups is 1. The molecule has 2 aromatic heterocycles. The first-order valence-corrected chi connectivity index (χ1v) is 9.48. The van der Waals surface area contributed by atoms with E-state index in [1.165, 1.54) is 0 Å². The predicted molar refractivity (Wildman–Crippen MR) is 113 cm³/mol. The molecule has 3 aromatic rings. The number of nitrogens with zero attached hydrogens (tertiary/aromatic N) is 3. The highest BCUT2D eigenvalue weighted by Crippen LogP contribution is 2.42. The zero-order valence-electron chi connectivity index (χ0n) is 17.8. The zero-order valence-corrected chi connectivity index (χ0v) is 17.8. The van der Waals surface area contributed by atoms with E-state index in [4.69, 9.17) is 5.73 Å². The van der Waals surface area contributed by atoms with Crippen LogP contribution in [0, 0.1) is 6.92 Å². The third-order valence-corrected chi connectivity index (χ3v) is 5.02. The van der Waals surface area contributed by atoms with Gasteiger partial charge in [0.2, 0.25) is 0 Å². The number of nitrogen functional groups attached to an aromatic ring is 1. The van der Waals surface area contributed by atoms with Gasteiger partial charge in [-0.2, -0.15) is 0 Å². The second-order valence-corrected chi connectivity index (χ2v) is 9.46. The van der Waals surface area contributed by atoms with Gasteiger partial charge in [-0.1, -0.05) is 41.5 Å². The quantitative estimate of drug-likeness (QED) is 0.620. The highest BCUT2D eigenvalue weighted by Gasteiger charge is 2.27. The lowest BCUT2D eigenvalue weighted by Crippen LogP contribution is -2.17. The van der Waals surface area contributed by atoms with Crippen molar-refractivity contribution in [1.29, 1.82) is 0 Å². The summed E-state index contributed by atoms with van der Waals surface area (Å²) in [5, 5.41) is 25.1. The van der Waals surface area contributed by atoms with Gasteiger partial charge >= 0.3 is 0 Å². The molecule has 0 spiro atoms. The van der Waals surface area contributed by atoms with Crippen LogP contribution in [-0.4, -0.2) is 24.8 Å². The molecular formula is C22H30N4O2. The molecule has 6 heteroatoms. The fourth-order valence-electron chi connectivity index (χ4n) is 3.48. The van der Waals surface area contributed by atoms with E-state index >= 15 is 0 Å². The molecule has 6 nitrogen and oxygen atoms in total. The molecule has 0 atom stereocenters. The van der Waals surface area contributed by atoms with Crippen molar-refractivity contribution in [3.63, 3.8) is 0 Å². The maximum Gasteiger partial charge on any atom is 0.163 e. The number of benzene rings is 1. The number of aliphatic hydroxyl groups excluding tert-OH is 1. The standard InChI is InChI=1S/C22H30N4O2/c1-12-8-17(26-20(24-12)14(11-27)19(23)25-26)13-9-15(21(2,3)4)18(28)16(10-13)22(5,6)7/h8-10,27-28H,11H2,1-7H3,(H2,23,25). The molecule has 0 aliphatic heterocycles. The van der Waals surface area contributed by atoms with E-state index in [0.717, 1.165) is 28.1 Å². The largest absolute Gasteiger partial charge is 0.507 e. The fourth-order valence-corrected chi connectivity index (χ4v) is 3.48. The lowest BCUT2D eigenvalue weighted by atomic mass is 9.78. The average Bonchev–Trinajstić information content (AvgIpc) is 2.87. The van der Waals surface area contributed by atoms with E-state index < -0.39 is 0 Å². The van der Waals surface area contributed by atoms with E-state index in [0.29, 0.717) is 17.0 Å². The Bertz CT molecular complexity index is 1020. The maximum absolute atomic E-state index is 11.0. The van der Waals surface area contributed by atoms with Crippen molar-refractivity contribution in [3.8, 4) is 17.0 Å². The number of hydrogen-bond acceptors (Lipinski definition) is 5. The Balaban J connectivity index is 2.42. The maximum atomic E-state index is 11.0. The summed E-state index contributed by atoms with van der Waals surface area (Å²) in [5.74, 6) is 0.606. The van der Waals surface area contributed by atoms with E-state index in [9.17, 15) is 10.2 Å². The summed E-state index contributed by atoms with van der Waals surface area (Å²) in [6.45, 7) is 14.2. The van der Waals surface area contributed by atoms with Crippen molar-refractivity contribution < 1.29 is 10.2 Å². The van der Waals surface area contributed by atoms with Crippen LogP contribution in [0.1, 0.15) is 63.9 Å².